The third-order valence-corrected chi connectivity index (χ3v) is 7.59. The SMILES string of the molecule is CCCCCCOc1ccc(-c2nn(-c3ccccc3)cc2/C=C2\SC(=S)N(Cc3ccco3)C2=O)cc1. The van der Waals surface area contributed by atoms with Gasteiger partial charge in [0.25, 0.3) is 5.91 Å². The van der Waals surface area contributed by atoms with Crippen molar-refractivity contribution in [3.63, 3.8) is 0 Å². The van der Waals surface area contributed by atoms with Crippen LogP contribution in [0.3, 0.4) is 0 Å². The van der Waals surface area contributed by atoms with Crippen LogP contribution in [0.15, 0.2) is 88.5 Å². The zero-order valence-corrected chi connectivity index (χ0v) is 22.8. The second-order valence-corrected chi connectivity index (χ2v) is 10.7. The smallest absolute Gasteiger partial charge is 0.266 e. The van der Waals surface area contributed by atoms with Gasteiger partial charge in [0.2, 0.25) is 0 Å². The van der Waals surface area contributed by atoms with Crippen molar-refractivity contribution in [1.82, 2.24) is 14.7 Å². The number of furan rings is 1. The van der Waals surface area contributed by atoms with Crippen LogP contribution in [0.1, 0.15) is 43.9 Å². The van der Waals surface area contributed by atoms with Gasteiger partial charge in [-0.3, -0.25) is 9.69 Å². The van der Waals surface area contributed by atoms with E-state index in [-0.39, 0.29) is 5.91 Å². The van der Waals surface area contributed by atoms with Gasteiger partial charge in [-0.05, 0) is 61.0 Å². The highest BCUT2D eigenvalue weighted by Crippen LogP contribution is 2.36. The van der Waals surface area contributed by atoms with E-state index in [1.54, 1.807) is 17.2 Å². The Kier molecular flexibility index (Phi) is 8.41. The van der Waals surface area contributed by atoms with E-state index in [0.29, 0.717) is 28.1 Å². The van der Waals surface area contributed by atoms with Crippen LogP contribution in [0.2, 0.25) is 0 Å². The summed E-state index contributed by atoms with van der Waals surface area (Å²) in [7, 11) is 0. The number of carbonyl (C=O) groups excluding carboxylic acids is 1. The lowest BCUT2D eigenvalue weighted by molar-refractivity contribution is -0.122. The van der Waals surface area contributed by atoms with Crippen molar-refractivity contribution in [2.45, 2.75) is 39.2 Å². The summed E-state index contributed by atoms with van der Waals surface area (Å²) in [4.78, 5) is 15.4. The molecule has 1 saturated heterocycles. The number of para-hydroxylation sites is 1. The lowest BCUT2D eigenvalue weighted by Crippen LogP contribution is -2.27. The van der Waals surface area contributed by atoms with Crippen molar-refractivity contribution in [1.29, 1.82) is 0 Å². The number of ether oxygens (including phenoxy) is 1. The predicted molar refractivity (Wildman–Crippen MR) is 156 cm³/mol. The number of thioether (sulfide) groups is 1. The van der Waals surface area contributed by atoms with E-state index in [0.717, 1.165) is 34.7 Å². The summed E-state index contributed by atoms with van der Waals surface area (Å²) in [5.41, 5.74) is 3.49. The Morgan fingerprint density at radius 2 is 1.84 bits per heavy atom. The van der Waals surface area contributed by atoms with Crippen LogP contribution in [-0.4, -0.2) is 31.5 Å². The number of hydrogen-bond donors (Lipinski definition) is 0. The summed E-state index contributed by atoms with van der Waals surface area (Å²) in [6, 6.07) is 21.5. The zero-order valence-electron chi connectivity index (χ0n) is 21.2. The quantitative estimate of drug-likeness (QED) is 0.111. The lowest BCUT2D eigenvalue weighted by Gasteiger charge is -2.11. The topological polar surface area (TPSA) is 60.5 Å². The number of carbonyl (C=O) groups is 1. The maximum Gasteiger partial charge on any atom is 0.266 e. The van der Waals surface area contributed by atoms with Crippen molar-refractivity contribution in [2.24, 2.45) is 0 Å². The molecule has 1 fully saturated rings. The van der Waals surface area contributed by atoms with Crippen LogP contribution < -0.4 is 4.74 Å². The van der Waals surface area contributed by atoms with Crippen molar-refractivity contribution in [2.75, 3.05) is 6.61 Å². The van der Waals surface area contributed by atoms with E-state index in [4.69, 9.17) is 26.5 Å². The molecule has 6 nitrogen and oxygen atoms in total. The third-order valence-electron chi connectivity index (χ3n) is 6.21. The van der Waals surface area contributed by atoms with E-state index in [1.807, 2.05) is 77.6 Å². The second kappa shape index (κ2) is 12.3. The lowest BCUT2D eigenvalue weighted by atomic mass is 10.1. The van der Waals surface area contributed by atoms with E-state index in [9.17, 15) is 4.79 Å². The largest absolute Gasteiger partial charge is 0.494 e. The average molecular weight is 544 g/mol. The number of nitrogens with zero attached hydrogens (tertiary/aromatic N) is 3. The van der Waals surface area contributed by atoms with Gasteiger partial charge in [0.15, 0.2) is 0 Å². The normalized spacial score (nSPS) is 14.6. The molecule has 38 heavy (non-hydrogen) atoms. The van der Waals surface area contributed by atoms with Gasteiger partial charge in [-0.15, -0.1) is 0 Å². The molecule has 0 saturated carbocycles. The molecule has 3 heterocycles. The molecule has 0 spiro atoms. The molecule has 5 rings (SSSR count). The van der Waals surface area contributed by atoms with Gasteiger partial charge in [0.05, 0.1) is 35.7 Å². The van der Waals surface area contributed by atoms with E-state index >= 15 is 0 Å². The molecule has 0 radical (unpaired) electrons. The number of hydrogen-bond acceptors (Lipinski definition) is 6. The molecule has 0 N–H and O–H groups in total. The molecule has 0 atom stereocenters. The van der Waals surface area contributed by atoms with Crippen molar-refractivity contribution >= 4 is 40.3 Å². The molecule has 1 amide bonds. The Morgan fingerprint density at radius 1 is 1.03 bits per heavy atom. The molecule has 194 valence electrons. The van der Waals surface area contributed by atoms with Gasteiger partial charge in [0, 0.05) is 17.3 Å². The summed E-state index contributed by atoms with van der Waals surface area (Å²) in [6.45, 7) is 3.23. The molecule has 8 heteroatoms. The van der Waals surface area contributed by atoms with E-state index < -0.39 is 0 Å². The van der Waals surface area contributed by atoms with Gasteiger partial charge < -0.3 is 9.15 Å². The third kappa shape index (κ3) is 6.09. The van der Waals surface area contributed by atoms with Crippen molar-refractivity contribution in [3.8, 4) is 22.7 Å². The van der Waals surface area contributed by atoms with Crippen molar-refractivity contribution < 1.29 is 13.9 Å². The fourth-order valence-corrected chi connectivity index (χ4v) is 5.44. The van der Waals surface area contributed by atoms with Gasteiger partial charge >= 0.3 is 0 Å². The highest BCUT2D eigenvalue weighted by molar-refractivity contribution is 8.26. The molecule has 1 aliphatic rings. The Labute approximate surface area is 232 Å². The number of unbranched alkanes of at least 4 members (excludes halogenated alkanes) is 3. The number of thiocarbonyl (C=S) groups is 1. The molecule has 1 aliphatic heterocycles. The molecular formula is C30H29N3O3S2. The summed E-state index contributed by atoms with van der Waals surface area (Å²) >= 11 is 6.81. The highest BCUT2D eigenvalue weighted by atomic mass is 32.2. The summed E-state index contributed by atoms with van der Waals surface area (Å²) < 4.78 is 13.7. The van der Waals surface area contributed by atoms with Crippen molar-refractivity contribution in [3.05, 3.63) is 95.4 Å². The van der Waals surface area contributed by atoms with Crippen LogP contribution in [-0.2, 0) is 11.3 Å². The minimum Gasteiger partial charge on any atom is -0.494 e. The maximum atomic E-state index is 13.2. The molecule has 0 unspecified atom stereocenters. The summed E-state index contributed by atoms with van der Waals surface area (Å²) in [5, 5.41) is 4.89. The van der Waals surface area contributed by atoms with Gasteiger partial charge in [0.1, 0.15) is 15.8 Å². The molecule has 0 bridgehead atoms. The Bertz CT molecular complexity index is 1410. The molecule has 4 aromatic rings. The minimum atomic E-state index is -0.137. The first-order valence-corrected chi connectivity index (χ1v) is 14.0. The zero-order chi connectivity index (χ0) is 26.3. The second-order valence-electron chi connectivity index (χ2n) is 8.99. The first-order valence-electron chi connectivity index (χ1n) is 12.8. The first kappa shape index (κ1) is 26.0. The minimum absolute atomic E-state index is 0.137. The Hall–Kier alpha value is -3.62. The fourth-order valence-electron chi connectivity index (χ4n) is 4.19. The molecular weight excluding hydrogens is 514 g/mol. The standard InChI is InChI=1S/C30H29N3O3S2/c1-2-3-4-8-17-35-25-15-13-22(14-16-25)28-23(20-33(31-28)24-10-6-5-7-11-24)19-27-29(34)32(30(37)38-27)21-26-12-9-18-36-26/h5-7,9-16,18-20H,2-4,8,17,21H2,1H3/b27-19-. The van der Waals surface area contributed by atoms with Crippen LogP contribution in [0, 0.1) is 0 Å². The van der Waals surface area contributed by atoms with Gasteiger partial charge in [-0.2, -0.15) is 5.10 Å². The van der Waals surface area contributed by atoms with E-state index in [2.05, 4.69) is 6.92 Å². The van der Waals surface area contributed by atoms with Gasteiger partial charge in [-0.25, -0.2) is 4.68 Å². The van der Waals surface area contributed by atoms with Crippen LogP contribution in [0.25, 0.3) is 23.0 Å². The molecule has 2 aromatic heterocycles. The fraction of sp³-hybridized carbons (Fsp3) is 0.233. The van der Waals surface area contributed by atoms with Gasteiger partial charge in [-0.1, -0.05) is 68.4 Å². The predicted octanol–water partition coefficient (Wildman–Crippen LogP) is 7.49. The number of benzene rings is 2. The van der Waals surface area contributed by atoms with Crippen LogP contribution in [0.5, 0.6) is 5.75 Å². The highest BCUT2D eigenvalue weighted by Gasteiger charge is 2.33. The Morgan fingerprint density at radius 3 is 2.58 bits per heavy atom. The van der Waals surface area contributed by atoms with Crippen LogP contribution >= 0.6 is 24.0 Å². The summed E-state index contributed by atoms with van der Waals surface area (Å²) in [5.74, 6) is 1.39. The number of aromatic nitrogens is 2. The van der Waals surface area contributed by atoms with Crippen LogP contribution in [0.4, 0.5) is 0 Å². The molecule has 2 aromatic carbocycles. The maximum absolute atomic E-state index is 13.2. The monoisotopic (exact) mass is 543 g/mol. The number of rotatable bonds is 11. The first-order chi connectivity index (χ1) is 18.6. The van der Waals surface area contributed by atoms with E-state index in [1.165, 1.54) is 31.0 Å². The average Bonchev–Trinajstić information content (AvgIpc) is 3.67. The number of amides is 1. The molecule has 0 aliphatic carbocycles. The summed E-state index contributed by atoms with van der Waals surface area (Å²) in [6.07, 6.45) is 10.1. The Balaban J connectivity index is 1.41.